The van der Waals surface area contributed by atoms with Crippen LogP contribution in [0.15, 0.2) is 51.7 Å². The summed E-state index contributed by atoms with van der Waals surface area (Å²) in [4.78, 5) is 21.0. The molecule has 0 aliphatic heterocycles. The number of quaternary nitrogens is 1. The number of halogens is 3. The third-order valence-electron chi connectivity index (χ3n) is 3.39. The van der Waals surface area contributed by atoms with E-state index in [1.165, 1.54) is 66.0 Å². The number of benzene rings is 2. The molecule has 0 unspecified atom stereocenters. The number of hydrogen-bond acceptors (Lipinski definition) is 8. The molecule has 2 aromatic carbocycles. The molecule has 2 rings (SSSR count). The molecule has 30 heavy (non-hydrogen) atoms. The molecule has 0 heterocycles. The van der Waals surface area contributed by atoms with E-state index >= 15 is 0 Å². The average Bonchev–Trinajstić information content (AvgIpc) is 2.68. The van der Waals surface area contributed by atoms with E-state index in [9.17, 15) is 20.2 Å². The fourth-order valence-electron chi connectivity index (χ4n) is 2.06. The summed E-state index contributed by atoms with van der Waals surface area (Å²) in [5.41, 5.74) is 1.23. The normalized spacial score (nSPS) is 11.6. The van der Waals surface area contributed by atoms with Crippen molar-refractivity contribution >= 4 is 63.9 Å². The summed E-state index contributed by atoms with van der Waals surface area (Å²) < 4.78 is 0. The minimum atomic E-state index is -0.570. The smallest absolute Gasteiger partial charge is 0.305 e. The fraction of sp³-hybridized carbons (Fsp3) is 0.0625. The van der Waals surface area contributed by atoms with Crippen molar-refractivity contribution < 1.29 is 39.2 Å². The minimum absolute atomic E-state index is 0. The van der Waals surface area contributed by atoms with Crippen LogP contribution < -0.4 is 29.4 Å². The number of thioether (sulfide) groups is 1. The van der Waals surface area contributed by atoms with Gasteiger partial charge in [0.2, 0.25) is 0 Å². The number of nitro benzene ring substituents is 2. The summed E-state index contributed by atoms with van der Waals surface area (Å²) in [6.45, 7) is 0. The average molecular weight is 583 g/mol. The van der Waals surface area contributed by atoms with Crippen LogP contribution in [0.5, 0.6) is 0 Å². The van der Waals surface area contributed by atoms with E-state index in [0.717, 1.165) is 0 Å². The van der Waals surface area contributed by atoms with E-state index < -0.39 is 9.85 Å². The highest BCUT2D eigenvalue weighted by Gasteiger charge is 2.16. The molecule has 10 nitrogen and oxygen atoms in total. The molecule has 2 aromatic rings. The van der Waals surface area contributed by atoms with Crippen molar-refractivity contribution in [1.82, 2.24) is 0 Å². The summed E-state index contributed by atoms with van der Waals surface area (Å²) >= 11 is 13.2. The van der Waals surface area contributed by atoms with E-state index in [0.29, 0.717) is 5.17 Å². The molecule has 0 spiro atoms. The van der Waals surface area contributed by atoms with Gasteiger partial charge in [0.1, 0.15) is 0 Å². The maximum atomic E-state index is 11.1. The molecule has 0 atom stereocenters. The van der Waals surface area contributed by atoms with Crippen molar-refractivity contribution in [3.63, 3.8) is 0 Å². The lowest BCUT2D eigenvalue weighted by atomic mass is 10.2. The number of rotatable bonds is 6. The van der Waals surface area contributed by atoms with E-state index in [1.54, 1.807) is 6.26 Å². The molecular weight excluding hydrogens is 570 g/mol. The zero-order chi connectivity index (χ0) is 21.4. The van der Waals surface area contributed by atoms with E-state index in [1.807, 2.05) is 0 Å². The van der Waals surface area contributed by atoms with E-state index in [2.05, 4.69) is 15.3 Å². The predicted octanol–water partition coefficient (Wildman–Crippen LogP) is 0.464. The second kappa shape index (κ2) is 12.5. The third kappa shape index (κ3) is 6.98. The second-order valence-corrected chi connectivity index (χ2v) is 6.79. The van der Waals surface area contributed by atoms with Gasteiger partial charge in [0.05, 0.1) is 43.4 Å². The molecule has 0 saturated carbocycles. The molecular formula is C16H13Cl2IN6O4S. The SMILES string of the molecule is CS/C(=N/N=C/c1c(Cl)cccc1[N+](=O)[O-])[NH2+]/N=C/c1c(Cl)cccc1[N+](=O)[O-].[I-]. The van der Waals surface area contributed by atoms with Crippen LogP contribution in [0.3, 0.4) is 0 Å². The number of nitrogens with zero attached hydrogens (tertiary/aromatic N) is 5. The van der Waals surface area contributed by atoms with Crippen LogP contribution >= 0.6 is 35.0 Å². The van der Waals surface area contributed by atoms with Gasteiger partial charge in [-0.3, -0.25) is 20.2 Å². The first-order valence-electron chi connectivity index (χ1n) is 7.72. The number of amidine groups is 1. The first kappa shape index (κ1) is 25.9. The Morgan fingerprint density at radius 1 is 1.00 bits per heavy atom. The van der Waals surface area contributed by atoms with Crippen molar-refractivity contribution in [2.24, 2.45) is 15.3 Å². The first-order chi connectivity index (χ1) is 13.8. The zero-order valence-corrected chi connectivity index (χ0v) is 19.6. The number of nitrogens with two attached hydrogens (primary N) is 1. The maximum absolute atomic E-state index is 11.1. The van der Waals surface area contributed by atoms with Crippen molar-refractivity contribution in [3.05, 3.63) is 77.8 Å². The standard InChI is InChI=1S/C16H12Cl2N6O4S.HI/c1-29-16(21-19-8-10-12(17)4-2-6-14(10)23(25)26)22-20-9-11-13(18)5-3-7-15(11)24(27)28;/h2-9H,1H3,(H,21,22);1H/b19-8+,20-9+;. The Morgan fingerprint density at radius 3 is 1.97 bits per heavy atom. The van der Waals surface area contributed by atoms with Crippen LogP contribution in [0.1, 0.15) is 11.1 Å². The molecule has 0 aliphatic rings. The number of nitro groups is 2. The summed E-state index contributed by atoms with van der Waals surface area (Å²) in [5, 5.41) is 34.6. The molecule has 0 radical (unpaired) electrons. The molecule has 0 fully saturated rings. The lowest BCUT2D eigenvalue weighted by molar-refractivity contribution is -0.539. The molecule has 0 amide bonds. The molecule has 0 saturated heterocycles. The Labute approximate surface area is 201 Å². The largest absolute Gasteiger partial charge is 1.00 e. The summed E-state index contributed by atoms with van der Waals surface area (Å²) in [6, 6.07) is 8.57. The third-order valence-corrected chi connectivity index (χ3v) is 4.66. The van der Waals surface area contributed by atoms with Crippen LogP contribution in [0.2, 0.25) is 10.0 Å². The van der Waals surface area contributed by atoms with Crippen LogP contribution in [0.25, 0.3) is 0 Å². The highest BCUT2D eigenvalue weighted by atomic mass is 127. The molecule has 158 valence electrons. The van der Waals surface area contributed by atoms with Crippen molar-refractivity contribution in [3.8, 4) is 0 Å². The van der Waals surface area contributed by atoms with Crippen LogP contribution in [0.4, 0.5) is 11.4 Å². The minimum Gasteiger partial charge on any atom is -1.00 e. The second-order valence-electron chi connectivity index (χ2n) is 5.15. The Kier molecular flexibility index (Phi) is 10.8. The van der Waals surface area contributed by atoms with Gasteiger partial charge in [-0.05, 0) is 30.2 Å². The van der Waals surface area contributed by atoms with Gasteiger partial charge in [-0.25, -0.2) is 0 Å². The van der Waals surface area contributed by atoms with Crippen molar-refractivity contribution in [1.29, 1.82) is 0 Å². The van der Waals surface area contributed by atoms with Gasteiger partial charge in [0.25, 0.3) is 11.4 Å². The van der Waals surface area contributed by atoms with Gasteiger partial charge in [0, 0.05) is 12.1 Å². The first-order valence-corrected chi connectivity index (χ1v) is 9.70. The molecule has 0 bridgehead atoms. The van der Waals surface area contributed by atoms with Crippen molar-refractivity contribution in [2.45, 2.75) is 0 Å². The summed E-state index contributed by atoms with van der Waals surface area (Å²) in [5.74, 6) is 0. The monoisotopic (exact) mass is 582 g/mol. The topological polar surface area (TPSA) is 140 Å². The van der Waals surface area contributed by atoms with Gasteiger partial charge >= 0.3 is 5.17 Å². The predicted molar refractivity (Wildman–Crippen MR) is 114 cm³/mol. The Morgan fingerprint density at radius 2 is 1.50 bits per heavy atom. The van der Waals surface area contributed by atoms with Gasteiger partial charge in [-0.15, -0.1) is 0 Å². The van der Waals surface area contributed by atoms with Gasteiger partial charge in [0.15, 0.2) is 0 Å². The lowest BCUT2D eigenvalue weighted by Gasteiger charge is -1.99. The summed E-state index contributed by atoms with van der Waals surface area (Å²) in [7, 11) is 0. The van der Waals surface area contributed by atoms with Gasteiger partial charge in [-0.2, -0.15) is 10.5 Å². The Bertz CT molecular complexity index is 1030. The Balaban J connectivity index is 0.00000450. The molecule has 0 aromatic heterocycles. The quantitative estimate of drug-likeness (QED) is 0.132. The van der Waals surface area contributed by atoms with Crippen LogP contribution in [0, 0.1) is 20.2 Å². The van der Waals surface area contributed by atoms with E-state index in [4.69, 9.17) is 23.2 Å². The molecule has 0 aliphatic carbocycles. The van der Waals surface area contributed by atoms with E-state index in [-0.39, 0.29) is 56.5 Å². The fourth-order valence-corrected chi connectivity index (χ4v) is 2.80. The van der Waals surface area contributed by atoms with Crippen molar-refractivity contribution in [2.75, 3.05) is 6.26 Å². The lowest BCUT2D eigenvalue weighted by Crippen LogP contribution is -3.00. The molecule has 2 N–H and O–H groups in total. The van der Waals surface area contributed by atoms with Crippen LogP contribution in [-0.2, 0) is 0 Å². The van der Waals surface area contributed by atoms with Crippen LogP contribution in [-0.4, -0.2) is 33.7 Å². The van der Waals surface area contributed by atoms with Gasteiger partial charge in [-0.1, -0.05) is 45.5 Å². The highest BCUT2D eigenvalue weighted by Crippen LogP contribution is 2.25. The molecule has 14 heteroatoms. The number of hydrogen-bond donors (Lipinski definition) is 1. The zero-order valence-electron chi connectivity index (χ0n) is 15.1. The Hall–Kier alpha value is -2.13. The highest BCUT2D eigenvalue weighted by molar-refractivity contribution is 8.12. The summed E-state index contributed by atoms with van der Waals surface area (Å²) in [6.07, 6.45) is 4.14. The maximum Gasteiger partial charge on any atom is 0.305 e. The van der Waals surface area contributed by atoms with Gasteiger partial charge < -0.3 is 24.0 Å².